The average molecular weight is 487 g/mol. The molecule has 0 amide bonds. The van der Waals surface area contributed by atoms with Crippen molar-refractivity contribution in [1.29, 1.82) is 0 Å². The lowest BCUT2D eigenvalue weighted by atomic mass is 9.57. The highest BCUT2D eigenvalue weighted by Gasteiger charge is 2.54. The molecule has 1 saturated carbocycles. The van der Waals surface area contributed by atoms with Crippen LogP contribution in [0.15, 0.2) is 54.6 Å². The van der Waals surface area contributed by atoms with Gasteiger partial charge in [0, 0.05) is 5.92 Å². The van der Waals surface area contributed by atoms with E-state index in [0.29, 0.717) is 23.5 Å². The molecule has 0 saturated heterocycles. The van der Waals surface area contributed by atoms with Gasteiger partial charge in [0.05, 0.1) is 18.8 Å². The summed E-state index contributed by atoms with van der Waals surface area (Å²) in [6.45, 7) is 6.31. The van der Waals surface area contributed by atoms with Gasteiger partial charge in [-0.1, -0.05) is 56.3 Å². The quantitative estimate of drug-likeness (QED) is 0.370. The molecule has 1 fully saturated rings. The zero-order valence-electron chi connectivity index (χ0n) is 21.3. The molecular formula is C31H34O5. The number of hydrogen-bond acceptors (Lipinski definition) is 5. The maximum atomic E-state index is 10.8. The summed E-state index contributed by atoms with van der Waals surface area (Å²) >= 11 is 0. The molecule has 0 bridgehead atoms. The van der Waals surface area contributed by atoms with Crippen molar-refractivity contribution in [3.8, 4) is 34.1 Å². The van der Waals surface area contributed by atoms with Crippen LogP contribution < -0.4 is 9.47 Å². The highest BCUT2D eigenvalue weighted by molar-refractivity contribution is 5.81. The number of aromatic hydroxyl groups is 2. The summed E-state index contributed by atoms with van der Waals surface area (Å²) in [4.78, 5) is 0. The smallest absolute Gasteiger partial charge is 0.164 e. The molecule has 5 heteroatoms. The first kappa shape index (κ1) is 24.3. The number of benzene rings is 3. The van der Waals surface area contributed by atoms with Gasteiger partial charge in [0.25, 0.3) is 0 Å². The summed E-state index contributed by atoms with van der Waals surface area (Å²) < 4.78 is 12.0. The van der Waals surface area contributed by atoms with E-state index in [4.69, 9.17) is 9.47 Å². The number of phenols is 2. The molecule has 3 atom stereocenters. The third-order valence-electron chi connectivity index (χ3n) is 8.19. The van der Waals surface area contributed by atoms with Crippen LogP contribution in [0.1, 0.15) is 50.3 Å². The minimum absolute atomic E-state index is 0.121. The Labute approximate surface area is 212 Å². The van der Waals surface area contributed by atoms with E-state index in [1.54, 1.807) is 19.2 Å². The standard InChI is InChI=1S/C31H34O5/c1-30(2)26-18-22-14-19(16-24(33)29(22)36-31(26,3)13-12-27(30)34)10-11-20-15-23(32)28(25(17-20)35-4)21-8-6-5-7-9-21/h5-11,14-17,26-27,32-34H,12-13,18H2,1-4H3/b11-10+/t26-,27-,31-/m1/s1. The van der Waals surface area contributed by atoms with Crippen LogP contribution in [0.25, 0.3) is 23.3 Å². The van der Waals surface area contributed by atoms with E-state index in [1.807, 2.05) is 54.6 Å². The van der Waals surface area contributed by atoms with Crippen molar-refractivity contribution < 1.29 is 24.8 Å². The molecule has 1 aliphatic heterocycles. The number of ether oxygens (including phenoxy) is 2. The van der Waals surface area contributed by atoms with E-state index in [1.165, 1.54) is 0 Å². The third-order valence-corrected chi connectivity index (χ3v) is 8.19. The Morgan fingerprint density at radius 1 is 0.944 bits per heavy atom. The van der Waals surface area contributed by atoms with E-state index < -0.39 is 5.60 Å². The van der Waals surface area contributed by atoms with Gasteiger partial charge in [0.1, 0.15) is 17.1 Å². The average Bonchev–Trinajstić information content (AvgIpc) is 2.85. The van der Waals surface area contributed by atoms with Gasteiger partial charge >= 0.3 is 0 Å². The molecule has 0 aromatic heterocycles. The lowest BCUT2D eigenvalue weighted by molar-refractivity contribution is -0.138. The van der Waals surface area contributed by atoms with Gasteiger partial charge in [-0.3, -0.25) is 0 Å². The largest absolute Gasteiger partial charge is 0.507 e. The fraction of sp³-hybridized carbons (Fsp3) is 0.355. The van der Waals surface area contributed by atoms with Gasteiger partial charge in [0.2, 0.25) is 0 Å². The maximum Gasteiger partial charge on any atom is 0.164 e. The summed E-state index contributed by atoms with van der Waals surface area (Å²) in [6.07, 6.45) is 5.60. The van der Waals surface area contributed by atoms with Gasteiger partial charge in [-0.05, 0) is 78.1 Å². The molecule has 3 aromatic rings. The van der Waals surface area contributed by atoms with Crippen LogP contribution in [0.2, 0.25) is 0 Å². The van der Waals surface area contributed by atoms with Crippen LogP contribution in [0, 0.1) is 11.3 Å². The van der Waals surface area contributed by atoms with Crippen LogP contribution in [-0.2, 0) is 6.42 Å². The Morgan fingerprint density at radius 3 is 2.31 bits per heavy atom. The van der Waals surface area contributed by atoms with Crippen molar-refractivity contribution in [2.75, 3.05) is 7.11 Å². The molecule has 5 rings (SSSR count). The second-order valence-electron chi connectivity index (χ2n) is 10.9. The Bertz CT molecular complexity index is 1310. The topological polar surface area (TPSA) is 79.2 Å². The van der Waals surface area contributed by atoms with E-state index in [9.17, 15) is 15.3 Å². The number of phenolic OH excluding ortho intramolecular Hbond substituents is 2. The molecule has 36 heavy (non-hydrogen) atoms. The molecule has 2 aliphatic rings. The molecule has 1 aliphatic carbocycles. The van der Waals surface area contributed by atoms with Crippen molar-refractivity contribution in [3.63, 3.8) is 0 Å². The van der Waals surface area contributed by atoms with Crippen molar-refractivity contribution in [2.45, 2.75) is 51.7 Å². The molecule has 3 N–H and O–H groups in total. The van der Waals surface area contributed by atoms with Gasteiger partial charge in [-0.25, -0.2) is 0 Å². The zero-order chi connectivity index (χ0) is 25.7. The van der Waals surface area contributed by atoms with Crippen LogP contribution in [0.3, 0.4) is 0 Å². The molecule has 0 spiro atoms. The lowest BCUT2D eigenvalue weighted by Crippen LogP contribution is -2.58. The van der Waals surface area contributed by atoms with E-state index >= 15 is 0 Å². The number of hydrogen-bond donors (Lipinski definition) is 3. The molecule has 0 radical (unpaired) electrons. The van der Waals surface area contributed by atoms with Crippen LogP contribution in [0.4, 0.5) is 0 Å². The van der Waals surface area contributed by atoms with Gasteiger partial charge in [0.15, 0.2) is 11.5 Å². The van der Waals surface area contributed by atoms with Crippen molar-refractivity contribution in [1.82, 2.24) is 0 Å². The predicted octanol–water partition coefficient (Wildman–Crippen LogP) is 6.43. The van der Waals surface area contributed by atoms with Gasteiger partial charge < -0.3 is 24.8 Å². The summed E-state index contributed by atoms with van der Waals surface area (Å²) in [5.41, 5.74) is 3.38. The highest BCUT2D eigenvalue weighted by atomic mass is 16.5. The van der Waals surface area contributed by atoms with Crippen LogP contribution in [-0.4, -0.2) is 34.1 Å². The molecule has 188 valence electrons. The monoisotopic (exact) mass is 486 g/mol. The van der Waals surface area contributed by atoms with E-state index in [2.05, 4.69) is 20.8 Å². The first-order chi connectivity index (χ1) is 17.1. The number of aliphatic hydroxyl groups is 1. The summed E-state index contributed by atoms with van der Waals surface area (Å²) in [5, 5.41) is 32.3. The van der Waals surface area contributed by atoms with Crippen molar-refractivity contribution in [2.24, 2.45) is 11.3 Å². The summed E-state index contributed by atoms with van der Waals surface area (Å²) in [7, 11) is 1.59. The molecular weight excluding hydrogens is 452 g/mol. The minimum Gasteiger partial charge on any atom is -0.507 e. The second kappa shape index (κ2) is 8.90. The van der Waals surface area contributed by atoms with Gasteiger partial charge in [-0.15, -0.1) is 0 Å². The van der Waals surface area contributed by atoms with Crippen molar-refractivity contribution in [3.05, 3.63) is 71.3 Å². The minimum atomic E-state index is -0.418. The first-order valence-corrected chi connectivity index (χ1v) is 12.5. The Balaban J connectivity index is 1.46. The fourth-order valence-electron chi connectivity index (χ4n) is 6.07. The highest BCUT2D eigenvalue weighted by Crippen LogP contribution is 2.54. The predicted molar refractivity (Wildman–Crippen MR) is 142 cm³/mol. The summed E-state index contributed by atoms with van der Waals surface area (Å²) in [5.74, 6) is 1.52. The van der Waals surface area contributed by atoms with E-state index in [-0.39, 0.29) is 28.9 Å². The molecule has 3 aromatic carbocycles. The maximum absolute atomic E-state index is 10.8. The zero-order valence-corrected chi connectivity index (χ0v) is 21.3. The normalized spacial score (nSPS) is 24.6. The SMILES string of the molecule is COc1cc(/C=C/c2cc(O)c3c(c2)C[C@@H]2C(C)(C)[C@H](O)CC[C@@]2(C)O3)cc(O)c1-c1ccccc1. The van der Waals surface area contributed by atoms with Crippen molar-refractivity contribution >= 4 is 12.2 Å². The van der Waals surface area contributed by atoms with Crippen LogP contribution >= 0.6 is 0 Å². The van der Waals surface area contributed by atoms with Crippen LogP contribution in [0.5, 0.6) is 23.0 Å². The Morgan fingerprint density at radius 2 is 1.61 bits per heavy atom. The third kappa shape index (κ3) is 4.11. The molecule has 0 unspecified atom stereocenters. The summed E-state index contributed by atoms with van der Waals surface area (Å²) in [6, 6.07) is 17.0. The first-order valence-electron chi connectivity index (χ1n) is 12.5. The van der Waals surface area contributed by atoms with E-state index in [0.717, 1.165) is 35.1 Å². The van der Waals surface area contributed by atoms with Gasteiger partial charge in [-0.2, -0.15) is 0 Å². The number of fused-ring (bicyclic) bond motifs is 2. The Kier molecular flexibility index (Phi) is 6.00. The number of aliphatic hydroxyl groups excluding tert-OH is 1. The lowest BCUT2D eigenvalue weighted by Gasteiger charge is -2.55. The Hall–Kier alpha value is -3.44. The number of rotatable bonds is 4. The second-order valence-corrected chi connectivity index (χ2v) is 10.9. The molecule has 5 nitrogen and oxygen atoms in total. The fourth-order valence-corrected chi connectivity index (χ4v) is 6.07. The molecule has 1 heterocycles. The number of methoxy groups -OCH3 is 1.